The van der Waals surface area contributed by atoms with Crippen molar-refractivity contribution in [2.45, 2.75) is 46.0 Å². The van der Waals surface area contributed by atoms with Crippen LogP contribution in [-0.4, -0.2) is 16.3 Å². The molecule has 1 aromatic heterocycles. The molecule has 0 spiro atoms. The third kappa shape index (κ3) is 3.15. The van der Waals surface area contributed by atoms with Gasteiger partial charge < -0.3 is 11.1 Å². The van der Waals surface area contributed by atoms with Gasteiger partial charge >= 0.3 is 0 Å². The molecular weight excluding hydrogens is 200 g/mol. The SMILES string of the molecule is CCCCCNc1c(N)c(CCC)nn1C. The van der Waals surface area contributed by atoms with Crippen LogP contribution in [0.5, 0.6) is 0 Å². The number of nitrogen functional groups attached to an aromatic ring is 1. The summed E-state index contributed by atoms with van der Waals surface area (Å²) < 4.78 is 1.85. The van der Waals surface area contributed by atoms with Crippen LogP contribution in [0.3, 0.4) is 0 Å². The molecular formula is C12H24N4. The minimum absolute atomic E-state index is 0.820. The lowest BCUT2D eigenvalue weighted by Gasteiger charge is -2.06. The molecule has 1 heterocycles. The van der Waals surface area contributed by atoms with Gasteiger partial charge in [-0.05, 0) is 12.8 Å². The molecule has 0 unspecified atom stereocenters. The maximum absolute atomic E-state index is 6.06. The van der Waals surface area contributed by atoms with Gasteiger partial charge in [0.25, 0.3) is 0 Å². The van der Waals surface area contributed by atoms with E-state index in [0.717, 1.165) is 36.6 Å². The van der Waals surface area contributed by atoms with Gasteiger partial charge in [-0.25, -0.2) is 0 Å². The molecule has 0 aliphatic rings. The second kappa shape index (κ2) is 6.40. The van der Waals surface area contributed by atoms with Crippen LogP contribution in [0, 0.1) is 0 Å². The Morgan fingerprint density at radius 3 is 2.62 bits per heavy atom. The maximum Gasteiger partial charge on any atom is 0.147 e. The van der Waals surface area contributed by atoms with Crippen molar-refractivity contribution in [1.29, 1.82) is 0 Å². The van der Waals surface area contributed by atoms with E-state index in [0.29, 0.717) is 0 Å². The van der Waals surface area contributed by atoms with Crippen LogP contribution in [0.2, 0.25) is 0 Å². The van der Waals surface area contributed by atoms with Gasteiger partial charge in [0, 0.05) is 13.6 Å². The van der Waals surface area contributed by atoms with E-state index in [1.807, 2.05) is 11.7 Å². The quantitative estimate of drug-likeness (QED) is 0.700. The van der Waals surface area contributed by atoms with Crippen LogP contribution in [0.15, 0.2) is 0 Å². The lowest BCUT2D eigenvalue weighted by Crippen LogP contribution is -2.07. The predicted octanol–water partition coefficient (Wildman–Crippen LogP) is 2.56. The van der Waals surface area contributed by atoms with E-state index in [9.17, 15) is 0 Å². The molecule has 0 bridgehead atoms. The fourth-order valence-electron chi connectivity index (χ4n) is 1.81. The van der Waals surface area contributed by atoms with Crippen molar-refractivity contribution in [3.63, 3.8) is 0 Å². The molecule has 0 saturated carbocycles. The monoisotopic (exact) mass is 224 g/mol. The van der Waals surface area contributed by atoms with Crippen LogP contribution in [0.4, 0.5) is 11.5 Å². The van der Waals surface area contributed by atoms with Crippen LogP contribution in [0.25, 0.3) is 0 Å². The van der Waals surface area contributed by atoms with E-state index in [2.05, 4.69) is 24.3 Å². The van der Waals surface area contributed by atoms with Crippen molar-refractivity contribution < 1.29 is 0 Å². The molecule has 1 aromatic rings. The number of nitrogens with zero attached hydrogens (tertiary/aromatic N) is 2. The first-order valence-corrected chi connectivity index (χ1v) is 6.25. The Bertz CT molecular complexity index is 317. The van der Waals surface area contributed by atoms with E-state index < -0.39 is 0 Å². The Kier molecular flexibility index (Phi) is 5.15. The zero-order valence-electron chi connectivity index (χ0n) is 10.7. The molecule has 0 aliphatic heterocycles. The molecule has 4 heteroatoms. The Morgan fingerprint density at radius 1 is 1.25 bits per heavy atom. The fourth-order valence-corrected chi connectivity index (χ4v) is 1.81. The summed E-state index contributed by atoms with van der Waals surface area (Å²) in [7, 11) is 1.94. The Balaban J connectivity index is 2.57. The molecule has 92 valence electrons. The van der Waals surface area contributed by atoms with E-state index >= 15 is 0 Å². The van der Waals surface area contributed by atoms with Crippen molar-refractivity contribution in [3.05, 3.63) is 5.69 Å². The van der Waals surface area contributed by atoms with Gasteiger partial charge in [-0.3, -0.25) is 4.68 Å². The van der Waals surface area contributed by atoms with Gasteiger partial charge in [-0.15, -0.1) is 0 Å². The largest absolute Gasteiger partial charge is 0.394 e. The molecule has 0 amide bonds. The molecule has 3 N–H and O–H groups in total. The number of rotatable bonds is 7. The number of nitrogens with two attached hydrogens (primary N) is 1. The average molecular weight is 224 g/mol. The second-order valence-electron chi connectivity index (χ2n) is 4.22. The minimum atomic E-state index is 0.820. The Morgan fingerprint density at radius 2 is 2.00 bits per heavy atom. The van der Waals surface area contributed by atoms with E-state index in [1.165, 1.54) is 19.3 Å². The van der Waals surface area contributed by atoms with Crippen molar-refractivity contribution in [2.75, 3.05) is 17.6 Å². The highest BCUT2D eigenvalue weighted by molar-refractivity contribution is 5.64. The van der Waals surface area contributed by atoms with Gasteiger partial charge in [-0.1, -0.05) is 33.1 Å². The number of nitrogens with one attached hydrogen (secondary N) is 1. The predicted molar refractivity (Wildman–Crippen MR) is 69.6 cm³/mol. The highest BCUT2D eigenvalue weighted by atomic mass is 15.3. The third-order valence-electron chi connectivity index (χ3n) is 2.72. The second-order valence-corrected chi connectivity index (χ2v) is 4.22. The maximum atomic E-state index is 6.06. The summed E-state index contributed by atoms with van der Waals surface area (Å²) in [5.74, 6) is 0.972. The fraction of sp³-hybridized carbons (Fsp3) is 0.750. The first-order valence-electron chi connectivity index (χ1n) is 6.25. The summed E-state index contributed by atoms with van der Waals surface area (Å²) in [6.07, 6.45) is 5.72. The summed E-state index contributed by atoms with van der Waals surface area (Å²) in [6.45, 7) is 5.32. The summed E-state index contributed by atoms with van der Waals surface area (Å²) >= 11 is 0. The molecule has 1 rings (SSSR count). The Hall–Kier alpha value is -1.19. The van der Waals surface area contributed by atoms with Gasteiger partial charge in [-0.2, -0.15) is 5.10 Å². The molecule has 0 saturated heterocycles. The molecule has 4 nitrogen and oxygen atoms in total. The van der Waals surface area contributed by atoms with Gasteiger partial charge in [0.1, 0.15) is 5.82 Å². The van der Waals surface area contributed by atoms with Gasteiger partial charge in [0.15, 0.2) is 0 Å². The van der Waals surface area contributed by atoms with E-state index in [1.54, 1.807) is 0 Å². The molecule has 0 atom stereocenters. The molecule has 16 heavy (non-hydrogen) atoms. The van der Waals surface area contributed by atoms with Crippen molar-refractivity contribution >= 4 is 11.5 Å². The van der Waals surface area contributed by atoms with Crippen molar-refractivity contribution in [3.8, 4) is 0 Å². The van der Waals surface area contributed by atoms with Crippen LogP contribution >= 0.6 is 0 Å². The van der Waals surface area contributed by atoms with Gasteiger partial charge in [0.05, 0.1) is 11.4 Å². The van der Waals surface area contributed by atoms with E-state index in [4.69, 9.17) is 5.73 Å². The van der Waals surface area contributed by atoms with Crippen LogP contribution in [0.1, 0.15) is 45.2 Å². The van der Waals surface area contributed by atoms with Crippen molar-refractivity contribution in [2.24, 2.45) is 7.05 Å². The minimum Gasteiger partial charge on any atom is -0.394 e. The standard InChI is InChI=1S/C12H24N4/c1-4-6-7-9-14-12-11(13)10(8-5-2)15-16(12)3/h14H,4-9,13H2,1-3H3. The number of hydrogen-bond acceptors (Lipinski definition) is 3. The molecule has 0 aliphatic carbocycles. The molecule has 0 fully saturated rings. The van der Waals surface area contributed by atoms with Crippen LogP contribution < -0.4 is 11.1 Å². The lowest BCUT2D eigenvalue weighted by molar-refractivity contribution is 0.716. The normalized spacial score (nSPS) is 10.7. The molecule has 0 aromatic carbocycles. The lowest BCUT2D eigenvalue weighted by atomic mass is 10.2. The number of aromatic nitrogens is 2. The molecule has 0 radical (unpaired) electrons. The summed E-state index contributed by atoms with van der Waals surface area (Å²) in [5, 5.41) is 7.80. The first kappa shape index (κ1) is 12.9. The third-order valence-corrected chi connectivity index (χ3v) is 2.72. The van der Waals surface area contributed by atoms with Gasteiger partial charge in [0.2, 0.25) is 0 Å². The smallest absolute Gasteiger partial charge is 0.147 e. The Labute approximate surface area is 98.2 Å². The average Bonchev–Trinajstić information content (AvgIpc) is 2.52. The summed E-state index contributed by atoms with van der Waals surface area (Å²) in [5.41, 5.74) is 7.90. The highest BCUT2D eigenvalue weighted by Crippen LogP contribution is 2.22. The van der Waals surface area contributed by atoms with Crippen LogP contribution in [-0.2, 0) is 13.5 Å². The van der Waals surface area contributed by atoms with E-state index in [-0.39, 0.29) is 0 Å². The zero-order valence-corrected chi connectivity index (χ0v) is 10.7. The highest BCUT2D eigenvalue weighted by Gasteiger charge is 2.11. The number of hydrogen-bond donors (Lipinski definition) is 2. The topological polar surface area (TPSA) is 55.9 Å². The number of unbranched alkanes of at least 4 members (excludes halogenated alkanes) is 2. The van der Waals surface area contributed by atoms with Crippen molar-refractivity contribution in [1.82, 2.24) is 9.78 Å². The number of anilines is 2. The number of aryl methyl sites for hydroxylation is 2. The summed E-state index contributed by atoms with van der Waals surface area (Å²) in [6, 6.07) is 0. The first-order chi connectivity index (χ1) is 7.70. The summed E-state index contributed by atoms with van der Waals surface area (Å²) in [4.78, 5) is 0. The zero-order chi connectivity index (χ0) is 12.0.